The summed E-state index contributed by atoms with van der Waals surface area (Å²) in [4.78, 5) is 11.9. The van der Waals surface area contributed by atoms with E-state index in [-0.39, 0.29) is 17.7 Å². The first-order valence-electron chi connectivity index (χ1n) is 6.23. The standard InChI is InChI=1S/C13H14F3O4P/c1-4-19-21(18)12(2,3)10-6-5-8(13(14,15)16)7-9(10)11(17)20-21/h5-7H,4H2,1-3H3. The van der Waals surface area contributed by atoms with Crippen molar-refractivity contribution in [2.75, 3.05) is 6.61 Å². The van der Waals surface area contributed by atoms with Crippen molar-refractivity contribution < 1.29 is 31.6 Å². The van der Waals surface area contributed by atoms with Gasteiger partial charge in [0.25, 0.3) is 0 Å². The average molecular weight is 322 g/mol. The van der Waals surface area contributed by atoms with Gasteiger partial charge in [0.05, 0.1) is 17.7 Å². The molecule has 0 radical (unpaired) electrons. The lowest BCUT2D eigenvalue weighted by atomic mass is 9.94. The predicted molar refractivity (Wildman–Crippen MR) is 69.1 cm³/mol. The number of alkyl halides is 3. The van der Waals surface area contributed by atoms with Crippen LogP contribution in [0.3, 0.4) is 0 Å². The van der Waals surface area contributed by atoms with Gasteiger partial charge in [-0.3, -0.25) is 4.52 Å². The van der Waals surface area contributed by atoms with E-state index < -0.39 is 30.5 Å². The molecule has 116 valence electrons. The molecule has 1 atom stereocenters. The molecule has 0 amide bonds. The van der Waals surface area contributed by atoms with Crippen LogP contribution in [0.25, 0.3) is 0 Å². The molecule has 0 N–H and O–H groups in total. The fraction of sp³-hybridized carbons (Fsp3) is 0.462. The number of hydrogen-bond acceptors (Lipinski definition) is 4. The van der Waals surface area contributed by atoms with E-state index in [0.29, 0.717) is 0 Å². The fourth-order valence-corrected chi connectivity index (χ4v) is 3.95. The Morgan fingerprint density at radius 3 is 2.48 bits per heavy atom. The van der Waals surface area contributed by atoms with E-state index in [9.17, 15) is 22.5 Å². The minimum Gasteiger partial charge on any atom is -0.387 e. The van der Waals surface area contributed by atoms with Gasteiger partial charge in [-0.2, -0.15) is 13.2 Å². The van der Waals surface area contributed by atoms with Gasteiger partial charge in [0.15, 0.2) is 0 Å². The zero-order chi connectivity index (χ0) is 16.1. The lowest BCUT2D eigenvalue weighted by Gasteiger charge is -2.37. The Bertz CT molecular complexity index is 637. The molecule has 1 unspecified atom stereocenters. The van der Waals surface area contributed by atoms with Crippen LogP contribution in [0.4, 0.5) is 13.2 Å². The molecule has 21 heavy (non-hydrogen) atoms. The van der Waals surface area contributed by atoms with Crippen LogP contribution in [0.1, 0.15) is 42.3 Å². The van der Waals surface area contributed by atoms with Crippen molar-refractivity contribution in [2.45, 2.75) is 32.1 Å². The third kappa shape index (κ3) is 2.49. The van der Waals surface area contributed by atoms with Crippen LogP contribution in [0.2, 0.25) is 0 Å². The minimum absolute atomic E-state index is 0.0595. The Kier molecular flexibility index (Phi) is 3.71. The molecule has 1 aliphatic rings. The maximum Gasteiger partial charge on any atom is 0.416 e. The molecule has 1 aliphatic heterocycles. The number of halogens is 3. The van der Waals surface area contributed by atoms with Crippen LogP contribution >= 0.6 is 7.60 Å². The van der Waals surface area contributed by atoms with Gasteiger partial charge in [0.2, 0.25) is 0 Å². The van der Waals surface area contributed by atoms with E-state index in [4.69, 9.17) is 9.05 Å². The maximum atomic E-state index is 12.7. The van der Waals surface area contributed by atoms with Crippen molar-refractivity contribution in [1.29, 1.82) is 0 Å². The smallest absolute Gasteiger partial charge is 0.387 e. The largest absolute Gasteiger partial charge is 0.416 e. The molecule has 1 aromatic carbocycles. The van der Waals surface area contributed by atoms with E-state index in [1.54, 1.807) is 6.92 Å². The molecule has 0 aromatic heterocycles. The summed E-state index contributed by atoms with van der Waals surface area (Å²) in [5.41, 5.74) is -0.966. The molecule has 1 heterocycles. The van der Waals surface area contributed by atoms with Crippen molar-refractivity contribution >= 4 is 13.6 Å². The first-order valence-corrected chi connectivity index (χ1v) is 7.77. The highest BCUT2D eigenvalue weighted by Gasteiger charge is 2.53. The van der Waals surface area contributed by atoms with Gasteiger partial charge >= 0.3 is 19.7 Å². The minimum atomic E-state index is -4.57. The number of carbonyl (C=O) groups is 1. The summed E-state index contributed by atoms with van der Waals surface area (Å²) < 4.78 is 60.8. The van der Waals surface area contributed by atoms with E-state index in [1.807, 2.05) is 0 Å². The van der Waals surface area contributed by atoms with Crippen molar-refractivity contribution in [3.05, 3.63) is 34.9 Å². The zero-order valence-corrected chi connectivity index (χ0v) is 12.5. The van der Waals surface area contributed by atoms with Crippen LogP contribution in [0.5, 0.6) is 0 Å². The van der Waals surface area contributed by atoms with Crippen LogP contribution in [-0.2, 0) is 24.9 Å². The van der Waals surface area contributed by atoms with E-state index in [0.717, 1.165) is 18.2 Å². The van der Waals surface area contributed by atoms with Gasteiger partial charge in [0.1, 0.15) is 5.16 Å². The third-order valence-corrected chi connectivity index (χ3v) is 6.03. The van der Waals surface area contributed by atoms with Crippen LogP contribution in [0, 0.1) is 0 Å². The number of fused-ring (bicyclic) bond motifs is 1. The van der Waals surface area contributed by atoms with E-state index >= 15 is 0 Å². The summed E-state index contributed by atoms with van der Waals surface area (Å²) in [7, 11) is -3.79. The highest BCUT2D eigenvalue weighted by atomic mass is 31.2. The fourth-order valence-electron chi connectivity index (χ4n) is 2.20. The first kappa shape index (κ1) is 16.0. The molecule has 0 aliphatic carbocycles. The SMILES string of the molecule is CCOP1(=O)OC(=O)c2cc(C(F)(F)F)ccc2C1(C)C. The molecule has 8 heteroatoms. The summed E-state index contributed by atoms with van der Waals surface area (Å²) in [6.45, 7) is 4.68. The lowest BCUT2D eigenvalue weighted by molar-refractivity contribution is -0.137. The van der Waals surface area contributed by atoms with Crippen LogP contribution in [0.15, 0.2) is 18.2 Å². The molecule has 2 rings (SSSR count). The van der Waals surface area contributed by atoms with E-state index in [2.05, 4.69) is 0 Å². The van der Waals surface area contributed by atoms with Crippen molar-refractivity contribution in [3.8, 4) is 0 Å². The molecule has 0 spiro atoms. The Morgan fingerprint density at radius 1 is 1.33 bits per heavy atom. The second kappa shape index (κ2) is 4.85. The predicted octanol–water partition coefficient (Wildman–Crippen LogP) is 4.34. The summed E-state index contributed by atoms with van der Waals surface area (Å²) in [6.07, 6.45) is -4.57. The zero-order valence-electron chi connectivity index (χ0n) is 11.7. The summed E-state index contributed by atoms with van der Waals surface area (Å²) in [5, 5.41) is -1.21. The van der Waals surface area contributed by atoms with Gasteiger partial charge in [0, 0.05) is 0 Å². The topological polar surface area (TPSA) is 52.6 Å². The number of hydrogen-bond donors (Lipinski definition) is 0. The van der Waals surface area contributed by atoms with Gasteiger partial charge in [-0.25, -0.2) is 9.36 Å². The van der Waals surface area contributed by atoms with Crippen LogP contribution in [-0.4, -0.2) is 12.6 Å². The summed E-state index contributed by atoms with van der Waals surface area (Å²) in [6, 6.07) is 2.73. The summed E-state index contributed by atoms with van der Waals surface area (Å²) in [5.74, 6) is -1.06. The highest BCUT2D eigenvalue weighted by Crippen LogP contribution is 2.67. The normalized spacial score (nSPS) is 24.4. The van der Waals surface area contributed by atoms with Gasteiger partial charge < -0.3 is 4.52 Å². The van der Waals surface area contributed by atoms with Gasteiger partial charge in [-0.1, -0.05) is 6.07 Å². The average Bonchev–Trinajstić information content (AvgIpc) is 2.35. The second-order valence-corrected chi connectivity index (χ2v) is 7.66. The van der Waals surface area contributed by atoms with Crippen molar-refractivity contribution in [1.82, 2.24) is 0 Å². The molecule has 1 aromatic rings. The molecule has 0 saturated heterocycles. The molecule has 0 fully saturated rings. The maximum absolute atomic E-state index is 12.7. The Morgan fingerprint density at radius 2 is 1.95 bits per heavy atom. The molecule has 0 saturated carbocycles. The lowest BCUT2D eigenvalue weighted by Crippen LogP contribution is -2.31. The third-order valence-electron chi connectivity index (χ3n) is 3.41. The molecular weight excluding hydrogens is 308 g/mol. The van der Waals surface area contributed by atoms with Gasteiger partial charge in [-0.15, -0.1) is 0 Å². The number of rotatable bonds is 2. The first-order chi connectivity index (χ1) is 9.53. The molecule has 0 bridgehead atoms. The Balaban J connectivity index is 2.62. The van der Waals surface area contributed by atoms with Gasteiger partial charge in [-0.05, 0) is 38.5 Å². The number of benzene rings is 1. The summed E-state index contributed by atoms with van der Waals surface area (Å²) >= 11 is 0. The molecular formula is C13H14F3O4P. The van der Waals surface area contributed by atoms with Crippen molar-refractivity contribution in [3.63, 3.8) is 0 Å². The quantitative estimate of drug-likeness (QED) is 0.760. The Hall–Kier alpha value is -1.33. The van der Waals surface area contributed by atoms with Crippen molar-refractivity contribution in [2.24, 2.45) is 0 Å². The molecule has 4 nitrogen and oxygen atoms in total. The monoisotopic (exact) mass is 322 g/mol. The Labute approximate surface area is 119 Å². The van der Waals surface area contributed by atoms with Crippen LogP contribution < -0.4 is 0 Å². The van der Waals surface area contributed by atoms with E-state index in [1.165, 1.54) is 13.8 Å². The highest BCUT2D eigenvalue weighted by molar-refractivity contribution is 7.55. The second-order valence-electron chi connectivity index (χ2n) is 5.11. The number of carbonyl (C=O) groups excluding carboxylic acids is 1.